The second kappa shape index (κ2) is 13.0. The Balaban J connectivity index is 1.29. The van der Waals surface area contributed by atoms with Crippen LogP contribution in [0.15, 0.2) is 73.3 Å². The lowest BCUT2D eigenvalue weighted by Crippen LogP contribution is -2.43. The fourth-order valence-electron chi connectivity index (χ4n) is 5.60. The Kier molecular flexibility index (Phi) is 8.67. The van der Waals surface area contributed by atoms with E-state index in [9.17, 15) is 14.3 Å². The number of benzene rings is 2. The first kappa shape index (κ1) is 30.1. The summed E-state index contributed by atoms with van der Waals surface area (Å²) >= 11 is 0. The Morgan fingerprint density at radius 2 is 2.02 bits per heavy atom. The van der Waals surface area contributed by atoms with E-state index in [-0.39, 0.29) is 11.8 Å². The molecule has 232 valence electrons. The van der Waals surface area contributed by atoms with Crippen LogP contribution in [0.4, 0.5) is 22.0 Å². The quantitative estimate of drug-likeness (QED) is 0.140. The molecule has 1 unspecified atom stereocenters. The maximum absolute atomic E-state index is 13.2. The number of rotatable bonds is 10. The van der Waals surface area contributed by atoms with Crippen molar-refractivity contribution in [1.29, 1.82) is 0 Å². The van der Waals surface area contributed by atoms with Gasteiger partial charge in [0.15, 0.2) is 11.5 Å². The van der Waals surface area contributed by atoms with Gasteiger partial charge in [-0.15, -0.1) is 0 Å². The number of aromatic nitrogens is 5. The van der Waals surface area contributed by atoms with Crippen LogP contribution < -0.4 is 21.3 Å². The highest BCUT2D eigenvalue weighted by atomic mass is 19.1. The molecule has 1 saturated heterocycles. The molecule has 2 aromatic carbocycles. The van der Waals surface area contributed by atoms with E-state index in [1.807, 2.05) is 42.6 Å². The van der Waals surface area contributed by atoms with Crippen molar-refractivity contribution in [1.82, 2.24) is 29.9 Å². The van der Waals surface area contributed by atoms with Crippen LogP contribution in [0.5, 0.6) is 0 Å². The number of hydrogen-bond acceptors (Lipinski definition) is 9. The van der Waals surface area contributed by atoms with Crippen molar-refractivity contribution in [2.75, 3.05) is 35.6 Å². The molecule has 6 rings (SSSR count). The van der Waals surface area contributed by atoms with Crippen LogP contribution in [0.1, 0.15) is 37.3 Å². The number of amides is 1. The molecule has 1 amide bonds. The van der Waals surface area contributed by atoms with Gasteiger partial charge in [-0.05, 0) is 48.0 Å². The van der Waals surface area contributed by atoms with E-state index in [1.54, 1.807) is 22.8 Å². The Labute approximate surface area is 260 Å². The van der Waals surface area contributed by atoms with Crippen LogP contribution in [0.2, 0.25) is 0 Å². The minimum atomic E-state index is -1.05. The molecule has 45 heavy (non-hydrogen) atoms. The number of pyridine rings is 1. The van der Waals surface area contributed by atoms with Crippen molar-refractivity contribution in [2.24, 2.45) is 5.92 Å². The number of piperidine rings is 1. The number of carbonyl (C=O) groups is 1. The zero-order valence-electron chi connectivity index (χ0n) is 25.2. The highest BCUT2D eigenvalue weighted by Gasteiger charge is 2.23. The summed E-state index contributed by atoms with van der Waals surface area (Å²) in [6.07, 6.45) is 3.99. The number of hydrogen-bond donors (Lipinski definition) is 5. The van der Waals surface area contributed by atoms with E-state index in [0.29, 0.717) is 37.2 Å². The van der Waals surface area contributed by atoms with Gasteiger partial charge >= 0.3 is 0 Å². The third kappa shape index (κ3) is 6.47. The van der Waals surface area contributed by atoms with Crippen LogP contribution in [0.3, 0.4) is 0 Å². The lowest BCUT2D eigenvalue weighted by Gasteiger charge is -2.28. The molecule has 1 aliphatic rings. The van der Waals surface area contributed by atoms with Gasteiger partial charge in [-0.1, -0.05) is 50.8 Å². The van der Waals surface area contributed by atoms with Crippen LogP contribution >= 0.6 is 0 Å². The summed E-state index contributed by atoms with van der Waals surface area (Å²) in [6.45, 7) is 9.70. The second-order valence-corrected chi connectivity index (χ2v) is 11.5. The van der Waals surface area contributed by atoms with E-state index in [1.165, 1.54) is 0 Å². The molecular weight excluding hydrogens is 573 g/mol. The molecule has 11 nitrogen and oxygen atoms in total. The molecule has 4 heterocycles. The van der Waals surface area contributed by atoms with Crippen molar-refractivity contribution in [2.45, 2.75) is 38.8 Å². The van der Waals surface area contributed by atoms with E-state index < -0.39 is 17.8 Å². The third-order valence-corrected chi connectivity index (χ3v) is 8.11. The van der Waals surface area contributed by atoms with Crippen molar-refractivity contribution in [3.05, 3.63) is 84.5 Å². The average Bonchev–Trinajstić information content (AvgIpc) is 3.48. The number of carbonyl (C=O) groups excluding carboxylic acids is 1. The fraction of sp³-hybridized carbons (Fsp3) is 0.303. The predicted molar refractivity (Wildman–Crippen MR) is 174 cm³/mol. The molecule has 0 saturated carbocycles. The first-order valence-corrected chi connectivity index (χ1v) is 15.0. The monoisotopic (exact) mass is 609 g/mol. The number of anilines is 3. The molecular formula is C33H36FN9O2. The summed E-state index contributed by atoms with van der Waals surface area (Å²) in [6, 6.07) is 15.2. The van der Waals surface area contributed by atoms with E-state index in [2.05, 4.69) is 46.8 Å². The molecule has 5 aromatic rings. The molecule has 0 radical (unpaired) electrons. The molecule has 0 spiro atoms. The van der Waals surface area contributed by atoms with Crippen LogP contribution in [-0.4, -0.2) is 61.3 Å². The molecule has 5 N–H and O–H groups in total. The van der Waals surface area contributed by atoms with Gasteiger partial charge in [0.25, 0.3) is 5.91 Å². The summed E-state index contributed by atoms with van der Waals surface area (Å²) in [4.78, 5) is 26.1. The number of nitrogens with zero attached hydrogens (tertiary/aromatic N) is 5. The Morgan fingerprint density at radius 1 is 1.18 bits per heavy atom. The Morgan fingerprint density at radius 3 is 2.82 bits per heavy atom. The zero-order valence-corrected chi connectivity index (χ0v) is 25.2. The van der Waals surface area contributed by atoms with Gasteiger partial charge in [-0.25, -0.2) is 4.39 Å². The van der Waals surface area contributed by atoms with E-state index in [0.717, 1.165) is 51.8 Å². The predicted octanol–water partition coefficient (Wildman–Crippen LogP) is 4.88. The number of fused-ring (bicyclic) bond motifs is 2. The van der Waals surface area contributed by atoms with Crippen molar-refractivity contribution in [3.63, 3.8) is 0 Å². The van der Waals surface area contributed by atoms with Crippen LogP contribution in [0.25, 0.3) is 27.7 Å². The normalized spacial score (nSPS) is 16.6. The van der Waals surface area contributed by atoms with Crippen molar-refractivity contribution >= 4 is 39.9 Å². The van der Waals surface area contributed by atoms with E-state index in [4.69, 9.17) is 15.0 Å². The summed E-state index contributed by atoms with van der Waals surface area (Å²) in [5.41, 5.74) is 4.88. The average molecular weight is 610 g/mol. The zero-order chi connectivity index (χ0) is 31.5. The summed E-state index contributed by atoms with van der Waals surface area (Å²) in [7, 11) is 0. The molecule has 1 aliphatic heterocycles. The molecule has 0 aliphatic carbocycles. The Hall–Kier alpha value is -4.94. The third-order valence-electron chi connectivity index (χ3n) is 8.11. The fourth-order valence-corrected chi connectivity index (χ4v) is 5.60. The maximum atomic E-state index is 13.2. The topological polar surface area (TPSA) is 141 Å². The van der Waals surface area contributed by atoms with Gasteiger partial charge in [0.2, 0.25) is 11.9 Å². The number of nitrogens with one attached hydrogen (secondary N) is 4. The number of halogens is 1. The SMILES string of the molecule is C=C(F)C(=O)Nc1ccc2c(-c3ccccc3CNc3nc(NCC4CCNC[C@H]4O)nc4c(C(C)C)cnn34)nccc2c1. The highest BCUT2D eigenvalue weighted by molar-refractivity contribution is 6.04. The molecule has 0 bridgehead atoms. The lowest BCUT2D eigenvalue weighted by atomic mass is 9.95. The van der Waals surface area contributed by atoms with Crippen molar-refractivity contribution < 1.29 is 14.3 Å². The van der Waals surface area contributed by atoms with E-state index >= 15 is 0 Å². The minimum absolute atomic E-state index is 0.104. The Bertz CT molecular complexity index is 1870. The second-order valence-electron chi connectivity index (χ2n) is 11.5. The number of β-amino-alcohol motifs (C(OH)–C–C–N with tert-alkyl or cyclic N) is 1. The van der Waals surface area contributed by atoms with Gasteiger partial charge in [0, 0.05) is 53.9 Å². The largest absolute Gasteiger partial charge is 0.391 e. The van der Waals surface area contributed by atoms with Gasteiger partial charge in [0.05, 0.1) is 18.0 Å². The molecule has 3 aromatic heterocycles. The van der Waals surface area contributed by atoms with Gasteiger partial charge in [0.1, 0.15) is 0 Å². The van der Waals surface area contributed by atoms with Gasteiger partial charge in [-0.2, -0.15) is 19.6 Å². The first-order valence-electron chi connectivity index (χ1n) is 15.0. The van der Waals surface area contributed by atoms with Crippen LogP contribution in [0, 0.1) is 5.92 Å². The van der Waals surface area contributed by atoms with Crippen LogP contribution in [-0.2, 0) is 11.3 Å². The van der Waals surface area contributed by atoms with Gasteiger partial charge < -0.3 is 26.4 Å². The summed E-state index contributed by atoms with van der Waals surface area (Å²) < 4.78 is 15.0. The first-order chi connectivity index (χ1) is 21.8. The summed E-state index contributed by atoms with van der Waals surface area (Å²) in [5.74, 6) is -0.595. The maximum Gasteiger partial charge on any atom is 0.283 e. The lowest BCUT2D eigenvalue weighted by molar-refractivity contribution is -0.114. The van der Waals surface area contributed by atoms with Crippen molar-refractivity contribution in [3.8, 4) is 11.3 Å². The number of aliphatic hydroxyl groups excluding tert-OH is 1. The minimum Gasteiger partial charge on any atom is -0.391 e. The molecule has 2 atom stereocenters. The summed E-state index contributed by atoms with van der Waals surface area (Å²) in [5, 5.41) is 29.3. The standard InChI is InChI=1S/C33H36FN9O2/c1-19(2)27-17-39-43-30(27)41-32(37-16-23-10-12-35-18-28(23)44)42-33(43)38-15-22-6-4-5-7-25(22)29-26-9-8-24(40-31(45)20(3)34)14-21(26)11-13-36-29/h4-9,11,13-14,17,19,23,28,35,44H,3,10,12,15-16,18H2,1-2H3,(H,40,45)(H2,37,38,41,42)/t23?,28-/m1/s1. The van der Waals surface area contributed by atoms with Gasteiger partial charge in [-0.3, -0.25) is 9.78 Å². The number of aliphatic hydroxyl groups is 1. The highest BCUT2D eigenvalue weighted by Crippen LogP contribution is 2.31. The smallest absolute Gasteiger partial charge is 0.283 e. The molecule has 12 heteroatoms. The molecule has 1 fully saturated rings.